The first-order valence-corrected chi connectivity index (χ1v) is 6.85. The smallest absolute Gasteiger partial charge is 0.227 e. The van der Waals surface area contributed by atoms with Crippen LogP contribution in [0.3, 0.4) is 0 Å². The molecule has 0 radical (unpaired) electrons. The standard InChI is InChI=1S/C14H18ClNO3/c1-18-13-5-3-2-4-11(13)8-14(17)16-6-7-19-12(9-15)10-16/h2-5,12H,6-10H2,1H3. The van der Waals surface area contributed by atoms with Gasteiger partial charge in [0, 0.05) is 18.7 Å². The van der Waals surface area contributed by atoms with E-state index in [1.807, 2.05) is 29.2 Å². The maximum Gasteiger partial charge on any atom is 0.227 e. The average Bonchev–Trinajstić information content (AvgIpc) is 2.47. The van der Waals surface area contributed by atoms with E-state index in [9.17, 15) is 4.79 Å². The van der Waals surface area contributed by atoms with Crippen LogP contribution >= 0.6 is 11.6 Å². The number of nitrogens with zero attached hydrogens (tertiary/aromatic N) is 1. The molecule has 0 spiro atoms. The second kappa shape index (κ2) is 6.78. The Morgan fingerprint density at radius 1 is 1.53 bits per heavy atom. The molecule has 0 aromatic heterocycles. The van der Waals surface area contributed by atoms with Crippen LogP contribution in [0, 0.1) is 0 Å². The monoisotopic (exact) mass is 283 g/mol. The number of morpholine rings is 1. The molecule has 1 saturated heterocycles. The molecule has 19 heavy (non-hydrogen) atoms. The lowest BCUT2D eigenvalue weighted by Gasteiger charge is -2.32. The number of para-hydroxylation sites is 1. The van der Waals surface area contributed by atoms with Crippen molar-refractivity contribution in [3.05, 3.63) is 29.8 Å². The number of methoxy groups -OCH3 is 1. The van der Waals surface area contributed by atoms with Gasteiger partial charge >= 0.3 is 0 Å². The van der Waals surface area contributed by atoms with Gasteiger partial charge in [-0.3, -0.25) is 4.79 Å². The Hall–Kier alpha value is -1.26. The second-order valence-electron chi connectivity index (χ2n) is 4.48. The summed E-state index contributed by atoms with van der Waals surface area (Å²) in [5.41, 5.74) is 0.906. The van der Waals surface area contributed by atoms with E-state index < -0.39 is 0 Å². The molecule has 0 bridgehead atoms. The fourth-order valence-corrected chi connectivity index (χ4v) is 2.35. The van der Waals surface area contributed by atoms with Gasteiger partial charge in [-0.2, -0.15) is 0 Å². The number of alkyl halides is 1. The first kappa shape index (κ1) is 14.2. The lowest BCUT2D eigenvalue weighted by atomic mass is 10.1. The zero-order chi connectivity index (χ0) is 13.7. The number of hydrogen-bond acceptors (Lipinski definition) is 3. The summed E-state index contributed by atoms with van der Waals surface area (Å²) in [5.74, 6) is 1.25. The first-order chi connectivity index (χ1) is 9.24. The topological polar surface area (TPSA) is 38.8 Å². The van der Waals surface area contributed by atoms with E-state index >= 15 is 0 Å². The minimum Gasteiger partial charge on any atom is -0.496 e. The molecule has 0 aliphatic carbocycles. The van der Waals surface area contributed by atoms with E-state index in [-0.39, 0.29) is 12.0 Å². The number of carbonyl (C=O) groups is 1. The van der Waals surface area contributed by atoms with Gasteiger partial charge in [0.05, 0.1) is 32.1 Å². The molecule has 5 heteroatoms. The molecular weight excluding hydrogens is 266 g/mol. The minimum absolute atomic E-state index is 0.0583. The van der Waals surface area contributed by atoms with Gasteiger partial charge in [0.15, 0.2) is 0 Å². The second-order valence-corrected chi connectivity index (χ2v) is 4.78. The van der Waals surface area contributed by atoms with Crippen LogP contribution in [-0.4, -0.2) is 49.6 Å². The molecule has 1 amide bonds. The van der Waals surface area contributed by atoms with Crippen LogP contribution < -0.4 is 4.74 Å². The number of ether oxygens (including phenoxy) is 2. The van der Waals surface area contributed by atoms with Crippen molar-refractivity contribution in [2.24, 2.45) is 0 Å². The van der Waals surface area contributed by atoms with Gasteiger partial charge in [-0.25, -0.2) is 0 Å². The highest BCUT2D eigenvalue weighted by molar-refractivity contribution is 6.18. The normalized spacial score (nSPS) is 19.3. The minimum atomic E-state index is -0.0583. The molecule has 1 heterocycles. The Balaban J connectivity index is 2.00. The van der Waals surface area contributed by atoms with E-state index in [0.29, 0.717) is 32.0 Å². The predicted octanol–water partition coefficient (Wildman–Crippen LogP) is 1.70. The highest BCUT2D eigenvalue weighted by atomic mass is 35.5. The molecule has 1 unspecified atom stereocenters. The molecule has 1 aromatic rings. The van der Waals surface area contributed by atoms with Gasteiger partial charge in [0.1, 0.15) is 5.75 Å². The van der Waals surface area contributed by atoms with E-state index in [4.69, 9.17) is 21.1 Å². The fourth-order valence-electron chi connectivity index (χ4n) is 2.16. The molecule has 2 rings (SSSR count). The first-order valence-electron chi connectivity index (χ1n) is 6.32. The summed E-state index contributed by atoms with van der Waals surface area (Å²) in [6, 6.07) is 7.58. The number of amides is 1. The predicted molar refractivity (Wildman–Crippen MR) is 73.7 cm³/mol. The van der Waals surface area contributed by atoms with Crippen LogP contribution in [0.1, 0.15) is 5.56 Å². The quantitative estimate of drug-likeness (QED) is 0.790. The number of hydrogen-bond donors (Lipinski definition) is 0. The summed E-state index contributed by atoms with van der Waals surface area (Å²) in [6.07, 6.45) is 0.288. The van der Waals surface area contributed by atoms with Gasteiger partial charge in [0.2, 0.25) is 5.91 Å². The lowest BCUT2D eigenvalue weighted by molar-refractivity contribution is -0.137. The third-order valence-corrected chi connectivity index (χ3v) is 3.54. The van der Waals surface area contributed by atoms with Gasteiger partial charge in [-0.1, -0.05) is 18.2 Å². The molecule has 0 N–H and O–H groups in total. The van der Waals surface area contributed by atoms with Crippen molar-refractivity contribution in [1.82, 2.24) is 4.90 Å². The van der Waals surface area contributed by atoms with Crippen molar-refractivity contribution in [2.45, 2.75) is 12.5 Å². The maximum atomic E-state index is 12.3. The maximum absolute atomic E-state index is 12.3. The number of benzene rings is 1. The third kappa shape index (κ3) is 3.61. The molecule has 4 nitrogen and oxygen atoms in total. The summed E-state index contributed by atoms with van der Waals surface area (Å²) in [6.45, 7) is 1.74. The summed E-state index contributed by atoms with van der Waals surface area (Å²) in [4.78, 5) is 14.1. The van der Waals surface area contributed by atoms with Crippen LogP contribution in [0.15, 0.2) is 24.3 Å². The Morgan fingerprint density at radius 3 is 3.05 bits per heavy atom. The van der Waals surface area contributed by atoms with Crippen molar-refractivity contribution in [2.75, 3.05) is 32.7 Å². The molecule has 1 fully saturated rings. The van der Waals surface area contributed by atoms with Gasteiger partial charge < -0.3 is 14.4 Å². The summed E-state index contributed by atoms with van der Waals surface area (Å²) < 4.78 is 10.7. The number of carbonyl (C=O) groups excluding carboxylic acids is 1. The SMILES string of the molecule is COc1ccccc1CC(=O)N1CCOC(CCl)C1. The molecular formula is C14H18ClNO3. The Labute approximate surface area is 118 Å². The van der Waals surface area contributed by atoms with Crippen molar-refractivity contribution < 1.29 is 14.3 Å². The Kier molecular flexibility index (Phi) is 5.05. The lowest BCUT2D eigenvalue weighted by Crippen LogP contribution is -2.46. The molecule has 0 saturated carbocycles. The highest BCUT2D eigenvalue weighted by Gasteiger charge is 2.24. The summed E-state index contributed by atoms with van der Waals surface area (Å²) in [7, 11) is 1.61. The average molecular weight is 284 g/mol. The van der Waals surface area contributed by atoms with Gasteiger partial charge in [-0.05, 0) is 6.07 Å². The fraction of sp³-hybridized carbons (Fsp3) is 0.500. The van der Waals surface area contributed by atoms with Crippen LogP contribution in [0.4, 0.5) is 0 Å². The molecule has 1 aliphatic heterocycles. The summed E-state index contributed by atoms with van der Waals surface area (Å²) >= 11 is 5.78. The highest BCUT2D eigenvalue weighted by Crippen LogP contribution is 2.19. The van der Waals surface area contributed by atoms with Gasteiger partial charge in [-0.15, -0.1) is 11.6 Å². The van der Waals surface area contributed by atoms with Crippen LogP contribution in [-0.2, 0) is 16.0 Å². The van der Waals surface area contributed by atoms with Crippen molar-refractivity contribution in [3.63, 3.8) is 0 Å². The van der Waals surface area contributed by atoms with E-state index in [1.165, 1.54) is 0 Å². The summed E-state index contributed by atoms with van der Waals surface area (Å²) in [5, 5.41) is 0. The zero-order valence-corrected chi connectivity index (χ0v) is 11.7. The van der Waals surface area contributed by atoms with Crippen molar-refractivity contribution in [3.8, 4) is 5.75 Å². The number of rotatable bonds is 4. The third-order valence-electron chi connectivity index (χ3n) is 3.20. The van der Waals surface area contributed by atoms with Crippen molar-refractivity contribution in [1.29, 1.82) is 0 Å². The Bertz CT molecular complexity index is 438. The molecule has 1 atom stereocenters. The molecule has 1 aliphatic rings. The number of halogens is 1. The Morgan fingerprint density at radius 2 is 2.32 bits per heavy atom. The van der Waals surface area contributed by atoms with Crippen LogP contribution in [0.5, 0.6) is 5.75 Å². The van der Waals surface area contributed by atoms with Crippen molar-refractivity contribution >= 4 is 17.5 Å². The van der Waals surface area contributed by atoms with E-state index in [1.54, 1.807) is 7.11 Å². The van der Waals surface area contributed by atoms with Crippen LogP contribution in [0.25, 0.3) is 0 Å². The molecule has 1 aromatic carbocycles. The largest absolute Gasteiger partial charge is 0.496 e. The van der Waals surface area contributed by atoms with E-state index in [0.717, 1.165) is 11.3 Å². The zero-order valence-electron chi connectivity index (χ0n) is 11.0. The van der Waals surface area contributed by atoms with Gasteiger partial charge in [0.25, 0.3) is 0 Å². The van der Waals surface area contributed by atoms with E-state index in [2.05, 4.69) is 0 Å². The van der Waals surface area contributed by atoms with Crippen LogP contribution in [0.2, 0.25) is 0 Å². The molecule has 104 valence electrons.